The van der Waals surface area contributed by atoms with Gasteiger partial charge < -0.3 is 15.1 Å². The van der Waals surface area contributed by atoms with Crippen LogP contribution in [0.15, 0.2) is 53.0 Å². The highest BCUT2D eigenvalue weighted by Crippen LogP contribution is 2.23. The minimum atomic E-state index is 0.168. The molecular formula is C19H17BrCl2N6. The lowest BCUT2D eigenvalue weighted by atomic mass is 10.2. The molecule has 0 unspecified atom stereocenters. The molecule has 0 spiro atoms. The van der Waals surface area contributed by atoms with E-state index >= 15 is 0 Å². The molecule has 4 rings (SSSR count). The van der Waals surface area contributed by atoms with Crippen molar-refractivity contribution >= 4 is 62.4 Å². The van der Waals surface area contributed by atoms with Gasteiger partial charge >= 0.3 is 0 Å². The topological polar surface area (TPSA) is 57.2 Å². The lowest BCUT2D eigenvalue weighted by Gasteiger charge is -2.36. The van der Waals surface area contributed by atoms with Crippen molar-refractivity contribution in [1.29, 1.82) is 0 Å². The Morgan fingerprint density at radius 3 is 2.29 bits per heavy atom. The van der Waals surface area contributed by atoms with Gasteiger partial charge in [0.1, 0.15) is 0 Å². The third-order valence-electron chi connectivity index (χ3n) is 4.43. The van der Waals surface area contributed by atoms with E-state index in [0.717, 1.165) is 47.0 Å². The molecule has 1 saturated heterocycles. The highest BCUT2D eigenvalue weighted by Gasteiger charge is 2.20. The van der Waals surface area contributed by atoms with Crippen LogP contribution in [0.2, 0.25) is 10.3 Å². The third kappa shape index (κ3) is 4.66. The molecule has 1 fully saturated rings. The lowest BCUT2D eigenvalue weighted by molar-refractivity contribution is 0.639. The lowest BCUT2D eigenvalue weighted by Crippen LogP contribution is -2.47. The number of hydrogen-bond donors (Lipinski definition) is 1. The van der Waals surface area contributed by atoms with Gasteiger partial charge in [-0.1, -0.05) is 33.6 Å². The Morgan fingerprint density at radius 1 is 0.857 bits per heavy atom. The van der Waals surface area contributed by atoms with Crippen LogP contribution in [-0.4, -0.2) is 41.1 Å². The molecule has 1 aliphatic rings. The number of aromatic nitrogens is 3. The fraction of sp³-hybridized carbons (Fsp3) is 0.211. The molecule has 3 aromatic rings. The summed E-state index contributed by atoms with van der Waals surface area (Å²) in [5.41, 5.74) is 2.00. The maximum atomic E-state index is 6.14. The van der Waals surface area contributed by atoms with Gasteiger partial charge in [-0.25, -0.2) is 0 Å². The van der Waals surface area contributed by atoms with Gasteiger partial charge in [-0.05, 0) is 54.1 Å². The first-order valence-electron chi connectivity index (χ1n) is 8.76. The van der Waals surface area contributed by atoms with Crippen molar-refractivity contribution in [2.24, 2.45) is 0 Å². The first-order chi connectivity index (χ1) is 13.6. The van der Waals surface area contributed by atoms with Crippen molar-refractivity contribution in [3.63, 3.8) is 0 Å². The predicted molar refractivity (Wildman–Crippen MR) is 118 cm³/mol. The van der Waals surface area contributed by atoms with Crippen LogP contribution in [0, 0.1) is 0 Å². The van der Waals surface area contributed by atoms with E-state index < -0.39 is 0 Å². The second-order valence-corrected chi connectivity index (χ2v) is 8.00. The molecule has 0 saturated carbocycles. The fourth-order valence-corrected chi connectivity index (χ4v) is 3.64. The average Bonchev–Trinajstić information content (AvgIpc) is 2.69. The summed E-state index contributed by atoms with van der Waals surface area (Å²) in [5, 5.41) is 4.08. The van der Waals surface area contributed by atoms with E-state index in [1.54, 1.807) is 0 Å². The Kier molecular flexibility index (Phi) is 5.85. The minimum absolute atomic E-state index is 0.168. The molecule has 1 N–H and O–H groups in total. The quantitative estimate of drug-likeness (QED) is 0.567. The molecule has 0 bridgehead atoms. The highest BCUT2D eigenvalue weighted by molar-refractivity contribution is 9.10. The number of halogens is 3. The monoisotopic (exact) mass is 478 g/mol. The first-order valence-corrected chi connectivity index (χ1v) is 10.3. The molecule has 0 atom stereocenters. The van der Waals surface area contributed by atoms with Crippen molar-refractivity contribution < 1.29 is 0 Å². The molecule has 144 valence electrons. The molecular weight excluding hydrogens is 463 g/mol. The highest BCUT2D eigenvalue weighted by atomic mass is 79.9. The van der Waals surface area contributed by atoms with Crippen LogP contribution < -0.4 is 15.1 Å². The minimum Gasteiger partial charge on any atom is -0.368 e. The molecule has 9 heteroatoms. The van der Waals surface area contributed by atoms with Gasteiger partial charge in [0.05, 0.1) is 0 Å². The zero-order valence-electron chi connectivity index (χ0n) is 14.8. The molecule has 1 aromatic heterocycles. The predicted octanol–water partition coefficient (Wildman–Crippen LogP) is 5.01. The fourth-order valence-electron chi connectivity index (χ4n) is 3.04. The summed E-state index contributed by atoms with van der Waals surface area (Å²) in [4.78, 5) is 17.4. The first kappa shape index (κ1) is 19.2. The molecule has 1 aliphatic heterocycles. The molecule has 0 aliphatic carbocycles. The van der Waals surface area contributed by atoms with Gasteiger partial charge in [0.25, 0.3) is 0 Å². The van der Waals surface area contributed by atoms with E-state index in [1.807, 2.05) is 42.5 Å². The van der Waals surface area contributed by atoms with Gasteiger partial charge in [-0.15, -0.1) is 0 Å². The van der Waals surface area contributed by atoms with E-state index in [1.165, 1.54) is 0 Å². The number of nitrogens with zero attached hydrogens (tertiary/aromatic N) is 5. The normalized spacial score (nSPS) is 14.2. The summed E-state index contributed by atoms with van der Waals surface area (Å²) in [7, 11) is 0. The van der Waals surface area contributed by atoms with Crippen molar-refractivity contribution in [1.82, 2.24) is 15.0 Å². The third-order valence-corrected chi connectivity index (χ3v) is 5.37. The number of anilines is 4. The number of benzene rings is 2. The Labute approximate surface area is 181 Å². The van der Waals surface area contributed by atoms with Crippen LogP contribution >= 0.6 is 39.1 Å². The summed E-state index contributed by atoms with van der Waals surface area (Å²) in [6, 6.07) is 15.7. The Bertz CT molecular complexity index is 961. The van der Waals surface area contributed by atoms with Gasteiger partial charge in [0, 0.05) is 47.0 Å². The van der Waals surface area contributed by atoms with E-state index in [4.69, 9.17) is 23.2 Å². The SMILES string of the molecule is Clc1cccc(N2CCN(c3nc(Cl)nc(Nc4ccc(Br)cc4)n3)CC2)c1. The summed E-state index contributed by atoms with van der Waals surface area (Å²) >= 11 is 15.7. The van der Waals surface area contributed by atoms with Crippen LogP contribution in [0.1, 0.15) is 0 Å². The maximum absolute atomic E-state index is 6.14. The summed E-state index contributed by atoms with van der Waals surface area (Å²) < 4.78 is 1.00. The Hall–Kier alpha value is -2.09. The van der Waals surface area contributed by atoms with E-state index in [-0.39, 0.29) is 5.28 Å². The zero-order chi connectivity index (χ0) is 19.5. The Balaban J connectivity index is 1.46. The molecule has 6 nitrogen and oxygen atoms in total. The largest absolute Gasteiger partial charge is 0.368 e. The van der Waals surface area contributed by atoms with Crippen molar-refractivity contribution in [3.05, 3.63) is 63.3 Å². The van der Waals surface area contributed by atoms with Crippen LogP contribution in [0.3, 0.4) is 0 Å². The van der Waals surface area contributed by atoms with Crippen molar-refractivity contribution in [2.45, 2.75) is 0 Å². The smallest absolute Gasteiger partial charge is 0.233 e. The Morgan fingerprint density at radius 2 is 1.57 bits per heavy atom. The summed E-state index contributed by atoms with van der Waals surface area (Å²) in [5.74, 6) is 1.000. The van der Waals surface area contributed by atoms with E-state index in [2.05, 4.69) is 52.1 Å². The van der Waals surface area contributed by atoms with Gasteiger partial charge in [0.15, 0.2) is 0 Å². The van der Waals surface area contributed by atoms with Crippen LogP contribution in [0.25, 0.3) is 0 Å². The molecule has 0 radical (unpaired) electrons. The summed E-state index contributed by atoms with van der Waals surface area (Å²) in [6.45, 7) is 3.26. The number of hydrogen-bond acceptors (Lipinski definition) is 6. The number of nitrogens with one attached hydrogen (secondary N) is 1. The van der Waals surface area contributed by atoms with E-state index in [0.29, 0.717) is 11.9 Å². The maximum Gasteiger partial charge on any atom is 0.233 e. The number of piperazine rings is 1. The summed E-state index contributed by atoms with van der Waals surface area (Å²) in [6.07, 6.45) is 0. The second-order valence-electron chi connectivity index (χ2n) is 6.31. The average molecular weight is 480 g/mol. The number of rotatable bonds is 4. The van der Waals surface area contributed by atoms with E-state index in [9.17, 15) is 0 Å². The second kappa shape index (κ2) is 8.51. The van der Waals surface area contributed by atoms with Crippen LogP contribution in [-0.2, 0) is 0 Å². The van der Waals surface area contributed by atoms with Gasteiger partial charge in [-0.3, -0.25) is 0 Å². The standard InChI is InChI=1S/C19H17BrCl2N6/c20-13-4-6-15(7-5-13)23-18-24-17(22)25-19(26-18)28-10-8-27(9-11-28)16-3-1-2-14(21)12-16/h1-7,12H,8-11H2,(H,23,24,25,26). The van der Waals surface area contributed by atoms with Gasteiger partial charge in [0.2, 0.25) is 17.2 Å². The molecule has 28 heavy (non-hydrogen) atoms. The van der Waals surface area contributed by atoms with Gasteiger partial charge in [-0.2, -0.15) is 15.0 Å². The zero-order valence-corrected chi connectivity index (χ0v) is 17.9. The van der Waals surface area contributed by atoms with Crippen molar-refractivity contribution in [3.8, 4) is 0 Å². The van der Waals surface area contributed by atoms with Crippen molar-refractivity contribution in [2.75, 3.05) is 41.3 Å². The molecule has 2 heterocycles. The molecule has 0 amide bonds. The van der Waals surface area contributed by atoms with Crippen LogP contribution in [0.5, 0.6) is 0 Å². The molecule has 2 aromatic carbocycles. The van der Waals surface area contributed by atoms with Crippen LogP contribution in [0.4, 0.5) is 23.3 Å².